The molecule has 1 N–H and O–H groups in total. The van der Waals surface area contributed by atoms with E-state index in [1.54, 1.807) is 0 Å². The van der Waals surface area contributed by atoms with Gasteiger partial charge in [-0.2, -0.15) is 0 Å². The number of amides is 1. The molecule has 0 spiro atoms. The maximum Gasteiger partial charge on any atom is 0.253 e. The van der Waals surface area contributed by atoms with E-state index in [1.807, 2.05) is 60.5 Å². The zero-order chi connectivity index (χ0) is 24.1. The molecule has 2 aromatic carbocycles. The Hall–Kier alpha value is -1.57. The minimum Gasteiger partial charge on any atom is -0.361 e. The van der Waals surface area contributed by atoms with Crippen molar-refractivity contribution in [2.24, 2.45) is 0 Å². The Morgan fingerprint density at radius 3 is 2.46 bits per heavy atom. The molecular weight excluding hydrogens is 523 g/mol. The van der Waals surface area contributed by atoms with Crippen LogP contribution < -0.4 is 5.32 Å². The number of likely N-dealkylation sites (tertiary alicyclic amines) is 1. The highest BCUT2D eigenvalue weighted by atomic mass is 35.5. The topological polar surface area (TPSA) is 38.8 Å². The molecule has 1 amide bonds. The Kier molecular flexibility index (Phi) is 10.5. The molecule has 5 nitrogen and oxygen atoms in total. The molecule has 1 atom stereocenters. The third kappa shape index (κ3) is 7.23. The van der Waals surface area contributed by atoms with Gasteiger partial charge in [0.15, 0.2) is 5.11 Å². The summed E-state index contributed by atoms with van der Waals surface area (Å²) in [6.07, 6.45) is 3.20. The summed E-state index contributed by atoms with van der Waals surface area (Å²) in [4.78, 5) is 19.7. The monoisotopic (exact) mass is 554 g/mol. The number of halogens is 3. The first-order valence-electron chi connectivity index (χ1n) is 11.9. The van der Waals surface area contributed by atoms with Crippen molar-refractivity contribution < 1.29 is 4.79 Å². The Balaban J connectivity index is 0.00000342. The number of likely N-dealkylation sites (N-methyl/N-ethyl adjacent to an activating group) is 1. The lowest BCUT2D eigenvalue weighted by Gasteiger charge is -2.37. The summed E-state index contributed by atoms with van der Waals surface area (Å²) in [5.41, 5.74) is 1.82. The fraction of sp³-hybridized carbons (Fsp3) is 0.462. The van der Waals surface area contributed by atoms with Crippen LogP contribution in [-0.4, -0.2) is 78.1 Å². The molecule has 0 unspecified atom stereocenters. The van der Waals surface area contributed by atoms with E-state index in [0.29, 0.717) is 28.2 Å². The summed E-state index contributed by atoms with van der Waals surface area (Å²) in [5, 5.41) is 5.29. The standard InChI is InChI=1S/C26H32Cl2N4OS.ClH/c1-30(25(33)19-5-3-2-4-6-19)18-21(20-7-8-23(27)24(28)17-20)9-13-31-14-10-22(11-15-31)32-16-12-29-26(32)34;/h2-8,17,21-22H,9-16,18H2,1H3,(H,29,34);1H/t21-;/m1./s1. The quantitative estimate of drug-likeness (QED) is 0.447. The molecule has 2 aromatic rings. The van der Waals surface area contributed by atoms with Gasteiger partial charge in [0.1, 0.15) is 0 Å². The summed E-state index contributed by atoms with van der Waals surface area (Å²) in [6, 6.07) is 15.8. The van der Waals surface area contributed by atoms with Gasteiger partial charge >= 0.3 is 0 Å². The third-order valence-electron chi connectivity index (χ3n) is 6.96. The Labute approximate surface area is 230 Å². The van der Waals surface area contributed by atoms with Crippen LogP contribution in [0.15, 0.2) is 48.5 Å². The van der Waals surface area contributed by atoms with Crippen LogP contribution in [0.1, 0.15) is 41.1 Å². The van der Waals surface area contributed by atoms with Crippen molar-refractivity contribution in [3.05, 3.63) is 69.7 Å². The molecular formula is C26H33Cl3N4OS. The highest BCUT2D eigenvalue weighted by molar-refractivity contribution is 7.80. The number of nitrogens with zero attached hydrogens (tertiary/aromatic N) is 3. The predicted molar refractivity (Wildman–Crippen MR) is 151 cm³/mol. The molecule has 4 rings (SSSR count). The molecule has 2 saturated heterocycles. The van der Waals surface area contributed by atoms with E-state index in [-0.39, 0.29) is 24.2 Å². The number of rotatable bonds is 8. The number of hydrogen-bond donors (Lipinski definition) is 1. The first-order chi connectivity index (χ1) is 16.4. The van der Waals surface area contributed by atoms with Crippen molar-refractivity contribution in [3.63, 3.8) is 0 Å². The van der Waals surface area contributed by atoms with E-state index in [4.69, 9.17) is 35.4 Å². The van der Waals surface area contributed by atoms with E-state index in [9.17, 15) is 4.79 Å². The van der Waals surface area contributed by atoms with Crippen LogP contribution in [0.2, 0.25) is 10.0 Å². The summed E-state index contributed by atoms with van der Waals surface area (Å²) in [6.45, 7) is 5.71. The zero-order valence-electron chi connectivity index (χ0n) is 20.0. The van der Waals surface area contributed by atoms with E-state index in [2.05, 4.69) is 15.1 Å². The van der Waals surface area contributed by atoms with Crippen molar-refractivity contribution in [2.45, 2.75) is 31.2 Å². The number of carbonyl (C=O) groups excluding carboxylic acids is 1. The highest BCUT2D eigenvalue weighted by Crippen LogP contribution is 2.30. The molecule has 2 fully saturated rings. The molecule has 2 aliphatic heterocycles. The fourth-order valence-electron chi connectivity index (χ4n) is 4.97. The number of benzene rings is 2. The Bertz CT molecular complexity index is 1000. The minimum atomic E-state index is 0. The van der Waals surface area contributed by atoms with Gasteiger partial charge in [-0.15, -0.1) is 12.4 Å². The first kappa shape index (κ1) is 28.0. The van der Waals surface area contributed by atoms with Crippen LogP contribution in [0.5, 0.6) is 0 Å². The second-order valence-corrected chi connectivity index (χ2v) is 10.4. The van der Waals surface area contributed by atoms with Crippen molar-refractivity contribution >= 4 is 58.8 Å². The van der Waals surface area contributed by atoms with E-state index in [0.717, 1.165) is 62.7 Å². The molecule has 0 saturated carbocycles. The van der Waals surface area contributed by atoms with Gasteiger partial charge in [-0.3, -0.25) is 4.79 Å². The lowest BCUT2D eigenvalue weighted by Crippen LogP contribution is -2.46. The number of hydrogen-bond acceptors (Lipinski definition) is 3. The van der Waals surface area contributed by atoms with Crippen molar-refractivity contribution in [3.8, 4) is 0 Å². The van der Waals surface area contributed by atoms with Crippen molar-refractivity contribution in [1.29, 1.82) is 0 Å². The van der Waals surface area contributed by atoms with Gasteiger partial charge < -0.3 is 20.0 Å². The maximum absolute atomic E-state index is 13.0. The van der Waals surface area contributed by atoms with Gasteiger partial charge in [0.2, 0.25) is 0 Å². The molecule has 0 bridgehead atoms. The molecule has 0 aliphatic carbocycles. The summed E-state index contributed by atoms with van der Waals surface area (Å²) >= 11 is 18.0. The van der Waals surface area contributed by atoms with Crippen LogP contribution in [-0.2, 0) is 0 Å². The highest BCUT2D eigenvalue weighted by Gasteiger charge is 2.29. The third-order valence-corrected chi connectivity index (χ3v) is 8.08. The molecule has 35 heavy (non-hydrogen) atoms. The summed E-state index contributed by atoms with van der Waals surface area (Å²) < 4.78 is 0. The Morgan fingerprint density at radius 1 is 1.11 bits per heavy atom. The summed E-state index contributed by atoms with van der Waals surface area (Å²) in [7, 11) is 1.87. The van der Waals surface area contributed by atoms with E-state index < -0.39 is 0 Å². The number of piperidine rings is 1. The number of carbonyl (C=O) groups is 1. The SMILES string of the molecule is CN(C[C@@H](CCN1CCC(N2CCNC2=S)CC1)c1ccc(Cl)c(Cl)c1)C(=O)c1ccccc1.Cl. The fourth-order valence-corrected chi connectivity index (χ4v) is 5.62. The van der Waals surface area contributed by atoms with Gasteiger partial charge in [0, 0.05) is 57.3 Å². The molecule has 2 heterocycles. The van der Waals surface area contributed by atoms with Crippen molar-refractivity contribution in [1.82, 2.24) is 20.0 Å². The van der Waals surface area contributed by atoms with Gasteiger partial charge in [-0.1, -0.05) is 47.5 Å². The predicted octanol–water partition coefficient (Wildman–Crippen LogP) is 5.32. The molecule has 2 aliphatic rings. The minimum absolute atomic E-state index is 0. The molecule has 0 aromatic heterocycles. The molecule has 0 radical (unpaired) electrons. The Morgan fingerprint density at radius 2 is 1.83 bits per heavy atom. The van der Waals surface area contributed by atoms with Gasteiger partial charge in [0.05, 0.1) is 10.0 Å². The first-order valence-corrected chi connectivity index (χ1v) is 13.1. The average molecular weight is 556 g/mol. The number of thiocarbonyl (C=S) groups is 1. The smallest absolute Gasteiger partial charge is 0.253 e. The van der Waals surface area contributed by atoms with Crippen LogP contribution >= 0.6 is 47.8 Å². The maximum atomic E-state index is 13.0. The van der Waals surface area contributed by atoms with Gasteiger partial charge in [-0.05, 0) is 67.9 Å². The largest absolute Gasteiger partial charge is 0.361 e. The molecule has 190 valence electrons. The molecule has 9 heteroatoms. The second kappa shape index (κ2) is 13.1. The van der Waals surface area contributed by atoms with E-state index in [1.165, 1.54) is 0 Å². The van der Waals surface area contributed by atoms with E-state index >= 15 is 0 Å². The lowest BCUT2D eigenvalue weighted by molar-refractivity contribution is 0.0780. The lowest BCUT2D eigenvalue weighted by atomic mass is 9.94. The van der Waals surface area contributed by atoms with Crippen LogP contribution in [0.25, 0.3) is 0 Å². The van der Waals surface area contributed by atoms with Crippen LogP contribution in [0.4, 0.5) is 0 Å². The van der Waals surface area contributed by atoms with Gasteiger partial charge in [-0.25, -0.2) is 0 Å². The average Bonchev–Trinajstić information content (AvgIpc) is 3.29. The zero-order valence-corrected chi connectivity index (χ0v) is 23.1. The van der Waals surface area contributed by atoms with Gasteiger partial charge in [0.25, 0.3) is 5.91 Å². The van der Waals surface area contributed by atoms with Crippen LogP contribution in [0.3, 0.4) is 0 Å². The number of nitrogens with one attached hydrogen (secondary N) is 1. The van der Waals surface area contributed by atoms with Crippen LogP contribution in [0, 0.1) is 0 Å². The second-order valence-electron chi connectivity index (χ2n) is 9.21. The van der Waals surface area contributed by atoms with Crippen molar-refractivity contribution in [2.75, 3.05) is 46.3 Å². The normalized spacial score (nSPS) is 17.6. The summed E-state index contributed by atoms with van der Waals surface area (Å²) in [5.74, 6) is 0.196.